The van der Waals surface area contributed by atoms with E-state index in [1.54, 1.807) is 22.8 Å². The van der Waals surface area contributed by atoms with Crippen LogP contribution in [0.2, 0.25) is 5.15 Å². The molecule has 0 spiro atoms. The largest absolute Gasteiger partial charge is 0.476 e. The monoisotopic (exact) mass is 617 g/mol. The number of hydrogen-bond donors (Lipinski definition) is 3. The smallest absolute Gasteiger partial charge is 0.355 e. The molecule has 2 aromatic heterocycles. The Kier molecular flexibility index (Phi) is 9.53. The molecule has 13 nitrogen and oxygen atoms in total. The van der Waals surface area contributed by atoms with Crippen LogP contribution in [0.3, 0.4) is 0 Å². The van der Waals surface area contributed by atoms with Crippen LogP contribution in [0.15, 0.2) is 72.8 Å². The van der Waals surface area contributed by atoms with Crippen molar-refractivity contribution in [1.82, 2.24) is 35.1 Å². The van der Waals surface area contributed by atoms with Crippen molar-refractivity contribution in [3.05, 3.63) is 106 Å². The number of aromatic nitrogens is 6. The summed E-state index contributed by atoms with van der Waals surface area (Å²) in [5.41, 5.74) is 3.93. The van der Waals surface area contributed by atoms with Crippen LogP contribution in [-0.4, -0.2) is 62.5 Å². The van der Waals surface area contributed by atoms with Crippen LogP contribution in [0.5, 0.6) is 0 Å². The number of aromatic carboxylic acids is 1. The van der Waals surface area contributed by atoms with Gasteiger partial charge in [-0.15, -0.1) is 10.2 Å². The summed E-state index contributed by atoms with van der Waals surface area (Å²) in [5.74, 6) is -0.782. The Morgan fingerprint density at radius 1 is 0.977 bits per heavy atom. The zero-order valence-corrected chi connectivity index (χ0v) is 24.3. The Labute approximate surface area is 256 Å². The van der Waals surface area contributed by atoms with E-state index in [9.17, 15) is 14.7 Å². The molecule has 5 rings (SSSR count). The van der Waals surface area contributed by atoms with E-state index in [1.807, 2.05) is 48.5 Å². The number of hydrogen-bond acceptors (Lipinski definition) is 10. The van der Waals surface area contributed by atoms with Crippen molar-refractivity contribution < 1.29 is 29.9 Å². The van der Waals surface area contributed by atoms with E-state index < -0.39 is 17.3 Å². The highest BCUT2D eigenvalue weighted by molar-refractivity contribution is 6.32. The van der Waals surface area contributed by atoms with E-state index in [0.29, 0.717) is 29.9 Å². The van der Waals surface area contributed by atoms with Gasteiger partial charge in [0.05, 0.1) is 12.0 Å². The third-order valence-electron chi connectivity index (χ3n) is 6.85. The van der Waals surface area contributed by atoms with E-state index in [2.05, 4.69) is 32.2 Å². The van der Waals surface area contributed by atoms with E-state index in [0.717, 1.165) is 34.3 Å². The van der Waals surface area contributed by atoms with E-state index in [-0.39, 0.29) is 28.8 Å². The summed E-state index contributed by atoms with van der Waals surface area (Å²) in [7, 11) is 0. The lowest BCUT2D eigenvalue weighted by atomic mass is 9.98. The Morgan fingerprint density at radius 2 is 1.73 bits per heavy atom. The van der Waals surface area contributed by atoms with Crippen LogP contribution in [-0.2, 0) is 24.4 Å². The zero-order valence-electron chi connectivity index (χ0n) is 23.5. The quantitative estimate of drug-likeness (QED) is 0.158. The van der Waals surface area contributed by atoms with Gasteiger partial charge in [-0.25, -0.2) is 14.6 Å². The SMILES string of the molecule is CCCCc1nc(Cl)c(C(=O)O)n1Cc1ccc(-c2ccccc2-c2nnn(C(=O)c3cccc(CON(O)O)c3)n2)cc1. The Bertz CT molecular complexity index is 1780. The number of nitrogens with zero attached hydrogens (tertiary/aromatic N) is 7. The van der Waals surface area contributed by atoms with Gasteiger partial charge in [-0.05, 0) is 46.0 Å². The third-order valence-corrected chi connectivity index (χ3v) is 7.11. The number of rotatable bonds is 12. The summed E-state index contributed by atoms with van der Waals surface area (Å²) in [6, 6.07) is 21.5. The zero-order chi connectivity index (χ0) is 31.2. The van der Waals surface area contributed by atoms with Gasteiger partial charge >= 0.3 is 5.97 Å². The highest BCUT2D eigenvalue weighted by Gasteiger charge is 2.22. The topological polar surface area (TPSA) is 169 Å². The summed E-state index contributed by atoms with van der Waals surface area (Å²) < 4.78 is 1.65. The van der Waals surface area contributed by atoms with Crippen LogP contribution in [0.25, 0.3) is 22.5 Å². The van der Waals surface area contributed by atoms with Gasteiger partial charge in [-0.1, -0.05) is 90.4 Å². The van der Waals surface area contributed by atoms with Crippen LogP contribution in [0.4, 0.5) is 0 Å². The molecule has 0 amide bonds. The number of aryl methyl sites for hydroxylation is 1. The summed E-state index contributed by atoms with van der Waals surface area (Å²) >= 11 is 6.18. The molecule has 0 aliphatic rings. The second-order valence-corrected chi connectivity index (χ2v) is 10.2. The lowest BCUT2D eigenvalue weighted by molar-refractivity contribution is -0.497. The van der Waals surface area contributed by atoms with Crippen LogP contribution in [0.1, 0.15) is 57.6 Å². The predicted octanol–water partition coefficient (Wildman–Crippen LogP) is 5.15. The molecule has 0 saturated heterocycles. The molecule has 0 atom stereocenters. The van der Waals surface area contributed by atoms with Crippen molar-refractivity contribution in [3.8, 4) is 22.5 Å². The molecule has 14 heteroatoms. The molecule has 0 bridgehead atoms. The molecule has 2 heterocycles. The number of carbonyl (C=O) groups excluding carboxylic acids is 1. The summed E-state index contributed by atoms with van der Waals surface area (Å²) in [6.45, 7) is 2.18. The molecule has 0 aliphatic heterocycles. The normalized spacial score (nSPS) is 11.3. The first kappa shape index (κ1) is 30.7. The molecule has 226 valence electrons. The van der Waals surface area contributed by atoms with Gasteiger partial charge in [-0.3, -0.25) is 15.2 Å². The van der Waals surface area contributed by atoms with Gasteiger partial charge in [0.1, 0.15) is 5.82 Å². The van der Waals surface area contributed by atoms with Gasteiger partial charge < -0.3 is 9.67 Å². The van der Waals surface area contributed by atoms with Gasteiger partial charge in [0.15, 0.2) is 10.8 Å². The molecule has 0 saturated carbocycles. The van der Waals surface area contributed by atoms with Crippen molar-refractivity contribution in [1.29, 1.82) is 0 Å². The lowest BCUT2D eigenvalue weighted by Crippen LogP contribution is -2.17. The van der Waals surface area contributed by atoms with Gasteiger partial charge in [0, 0.05) is 24.1 Å². The fourth-order valence-electron chi connectivity index (χ4n) is 4.72. The Morgan fingerprint density at radius 3 is 2.43 bits per heavy atom. The van der Waals surface area contributed by atoms with Crippen LogP contribution in [0, 0.1) is 0 Å². The third kappa shape index (κ3) is 6.88. The second kappa shape index (κ2) is 13.7. The summed E-state index contributed by atoms with van der Waals surface area (Å²) in [6.07, 6.45) is 2.43. The van der Waals surface area contributed by atoms with Gasteiger partial charge in [0.25, 0.3) is 5.91 Å². The summed E-state index contributed by atoms with van der Waals surface area (Å²) in [4.78, 5) is 34.8. The van der Waals surface area contributed by atoms with Crippen molar-refractivity contribution >= 4 is 23.5 Å². The first-order chi connectivity index (χ1) is 21.2. The molecule has 3 aromatic carbocycles. The van der Waals surface area contributed by atoms with E-state index in [1.165, 1.54) is 6.07 Å². The highest BCUT2D eigenvalue weighted by Crippen LogP contribution is 2.30. The second-order valence-electron chi connectivity index (χ2n) is 9.84. The predicted molar refractivity (Wildman–Crippen MR) is 157 cm³/mol. The minimum absolute atomic E-state index is 0.0189. The maximum atomic E-state index is 13.1. The number of benzene rings is 3. The number of carboxylic acids is 1. The molecular weight excluding hydrogens is 590 g/mol. The minimum atomic E-state index is -1.13. The Hall–Kier alpha value is -4.79. The average molecular weight is 618 g/mol. The van der Waals surface area contributed by atoms with Crippen molar-refractivity contribution in [2.24, 2.45) is 0 Å². The fourth-order valence-corrected chi connectivity index (χ4v) is 5.00. The Balaban J connectivity index is 1.38. The van der Waals surface area contributed by atoms with Gasteiger partial charge in [-0.2, -0.15) is 0 Å². The van der Waals surface area contributed by atoms with Crippen molar-refractivity contribution in [2.75, 3.05) is 0 Å². The molecule has 5 aromatic rings. The minimum Gasteiger partial charge on any atom is -0.476 e. The number of carboxylic acid groups (broad SMARTS) is 1. The number of carbonyl (C=O) groups is 2. The van der Waals surface area contributed by atoms with E-state index in [4.69, 9.17) is 22.0 Å². The standard InChI is InChI=1S/C30H28ClN7O6/c1-2-3-11-25-32-27(31)26(30(40)41)36(25)17-19-12-14-21(15-13-19)23-9-4-5-10-24(23)28-33-35-37(34-28)29(39)22-8-6-7-20(16-22)18-44-38(42)43/h4-10,12-16,42-43H,2-3,11,17-18H2,1H3,(H,40,41). The molecular formula is C30H28ClN7O6. The van der Waals surface area contributed by atoms with Crippen molar-refractivity contribution in [3.63, 3.8) is 0 Å². The maximum Gasteiger partial charge on any atom is 0.355 e. The number of halogens is 1. The lowest BCUT2D eigenvalue weighted by Gasteiger charge is -2.12. The van der Waals surface area contributed by atoms with Crippen molar-refractivity contribution in [2.45, 2.75) is 39.3 Å². The highest BCUT2D eigenvalue weighted by atomic mass is 35.5. The number of tetrazole rings is 1. The van der Waals surface area contributed by atoms with Gasteiger partial charge in [0.2, 0.25) is 5.82 Å². The fraction of sp³-hybridized carbons (Fsp3) is 0.200. The molecule has 44 heavy (non-hydrogen) atoms. The number of imidazole rings is 1. The molecule has 0 unspecified atom stereocenters. The maximum absolute atomic E-state index is 13.1. The molecule has 0 aliphatic carbocycles. The van der Waals surface area contributed by atoms with E-state index >= 15 is 0 Å². The number of unbranched alkanes of at least 4 members (excludes halogenated alkanes) is 1. The molecule has 0 fully saturated rings. The average Bonchev–Trinajstić information content (AvgIpc) is 3.64. The summed E-state index contributed by atoms with van der Waals surface area (Å²) in [5, 5.41) is 39.3. The molecule has 3 N–H and O–H groups in total. The first-order valence-corrected chi connectivity index (χ1v) is 14.0. The first-order valence-electron chi connectivity index (χ1n) is 13.7. The molecule has 0 radical (unpaired) electrons. The van der Waals surface area contributed by atoms with Crippen LogP contribution < -0.4 is 0 Å². The van der Waals surface area contributed by atoms with Crippen LogP contribution >= 0.6 is 11.6 Å².